The molecular formula is C29H33N3O6S. The van der Waals surface area contributed by atoms with Crippen LogP contribution in [0.2, 0.25) is 0 Å². The number of benzene rings is 2. The second-order valence-electron chi connectivity index (χ2n) is 9.32. The van der Waals surface area contributed by atoms with Crippen LogP contribution in [0.5, 0.6) is 0 Å². The summed E-state index contributed by atoms with van der Waals surface area (Å²) >= 11 is 1.54. The molecule has 1 saturated heterocycles. The molecule has 1 fully saturated rings. The third-order valence-electron chi connectivity index (χ3n) is 6.32. The Kier molecular flexibility index (Phi) is 10.8. The monoisotopic (exact) mass is 551 g/mol. The Labute approximate surface area is 232 Å². The Hall–Kier alpha value is -3.31. The Bertz CT molecular complexity index is 1190. The van der Waals surface area contributed by atoms with Crippen molar-refractivity contribution in [2.45, 2.75) is 68.8 Å². The van der Waals surface area contributed by atoms with E-state index in [0.29, 0.717) is 48.7 Å². The van der Waals surface area contributed by atoms with Crippen molar-refractivity contribution in [3.63, 3.8) is 0 Å². The minimum Gasteiger partial charge on any atom is -0.481 e. The number of nitrogens with one attached hydrogen (secondary N) is 1. The van der Waals surface area contributed by atoms with Crippen LogP contribution in [0.1, 0.15) is 67.6 Å². The summed E-state index contributed by atoms with van der Waals surface area (Å²) in [6, 6.07) is 16.9. The Morgan fingerprint density at radius 3 is 2.31 bits per heavy atom. The van der Waals surface area contributed by atoms with Gasteiger partial charge in [0.2, 0.25) is 5.91 Å². The number of hydrogen-bond acceptors (Lipinski definition) is 8. The fourth-order valence-electron chi connectivity index (χ4n) is 4.24. The Morgan fingerprint density at radius 1 is 0.923 bits per heavy atom. The molecule has 3 aromatic rings. The molecule has 2 aromatic carbocycles. The summed E-state index contributed by atoms with van der Waals surface area (Å²) in [4.78, 5) is 31.4. The van der Waals surface area contributed by atoms with Gasteiger partial charge in [0.25, 0.3) is 0 Å². The number of anilines is 1. The summed E-state index contributed by atoms with van der Waals surface area (Å²) in [5.74, 6) is -0.253. The largest absolute Gasteiger partial charge is 0.481 e. The number of nitrogens with zero attached hydrogens (tertiary/aromatic N) is 2. The second-order valence-corrected chi connectivity index (χ2v) is 10.3. The predicted octanol–water partition coefficient (Wildman–Crippen LogP) is 5.28. The summed E-state index contributed by atoms with van der Waals surface area (Å²) < 4.78 is 12.7. The molecule has 10 heteroatoms. The molecular weight excluding hydrogens is 518 g/mol. The lowest BCUT2D eigenvalue weighted by Gasteiger charge is -2.36. The molecule has 0 bridgehead atoms. The molecule has 0 radical (unpaired) electrons. The molecule has 39 heavy (non-hydrogen) atoms. The molecule has 3 N–H and O–H groups in total. The molecule has 1 aromatic heterocycles. The number of hydrogen-bond donors (Lipinski definition) is 3. The van der Waals surface area contributed by atoms with E-state index in [1.165, 1.54) is 11.8 Å². The first-order chi connectivity index (χ1) is 19.0. The normalized spacial score (nSPS) is 18.9. The summed E-state index contributed by atoms with van der Waals surface area (Å²) in [5.41, 5.74) is 3.37. The molecule has 4 rings (SSSR count). The van der Waals surface area contributed by atoms with Gasteiger partial charge in [-0.1, -0.05) is 54.6 Å². The van der Waals surface area contributed by atoms with Crippen LogP contribution in [0.15, 0.2) is 72.1 Å². The number of carboxylic acid groups (broad SMARTS) is 1. The number of aliphatic carboxylic acids is 1. The number of ether oxygens (including phenoxy) is 2. The van der Waals surface area contributed by atoms with Crippen molar-refractivity contribution in [2.24, 2.45) is 0 Å². The lowest BCUT2D eigenvalue weighted by atomic mass is 10.0. The topological polar surface area (TPSA) is 131 Å². The van der Waals surface area contributed by atoms with E-state index >= 15 is 0 Å². The van der Waals surface area contributed by atoms with E-state index in [-0.39, 0.29) is 31.1 Å². The molecule has 3 atom stereocenters. The van der Waals surface area contributed by atoms with Gasteiger partial charge in [0.1, 0.15) is 0 Å². The van der Waals surface area contributed by atoms with Gasteiger partial charge in [-0.25, -0.2) is 9.97 Å². The van der Waals surface area contributed by atoms with Crippen LogP contribution in [-0.4, -0.2) is 43.9 Å². The van der Waals surface area contributed by atoms with E-state index < -0.39 is 12.3 Å². The SMILES string of the molecule is O=C(O)CCCCCC(=O)Nc1ccc([C@@H]2O[C@H](CSc3ncccn3)C[C@H](c3ccc(CO)cc3)O2)cc1. The van der Waals surface area contributed by atoms with Crippen LogP contribution >= 0.6 is 11.8 Å². The smallest absolute Gasteiger partial charge is 0.303 e. The maximum absolute atomic E-state index is 12.3. The first kappa shape index (κ1) is 28.7. The van der Waals surface area contributed by atoms with Crippen LogP contribution in [0, 0.1) is 0 Å². The van der Waals surface area contributed by atoms with Crippen molar-refractivity contribution < 1.29 is 29.3 Å². The van der Waals surface area contributed by atoms with Crippen molar-refractivity contribution in [3.8, 4) is 0 Å². The van der Waals surface area contributed by atoms with Gasteiger partial charge in [-0.05, 0) is 42.2 Å². The van der Waals surface area contributed by atoms with Gasteiger partial charge in [-0.2, -0.15) is 0 Å². The summed E-state index contributed by atoms with van der Waals surface area (Å²) in [5, 5.41) is 21.7. The average molecular weight is 552 g/mol. The first-order valence-electron chi connectivity index (χ1n) is 13.0. The number of rotatable bonds is 13. The summed E-state index contributed by atoms with van der Waals surface area (Å²) in [6.45, 7) is -0.0124. The van der Waals surface area contributed by atoms with Crippen LogP contribution < -0.4 is 5.32 Å². The molecule has 9 nitrogen and oxygen atoms in total. The third-order valence-corrected chi connectivity index (χ3v) is 7.32. The van der Waals surface area contributed by atoms with Gasteiger partial charge in [-0.3, -0.25) is 9.59 Å². The molecule has 1 aliphatic heterocycles. The van der Waals surface area contributed by atoms with Crippen molar-refractivity contribution in [1.29, 1.82) is 0 Å². The maximum atomic E-state index is 12.3. The Balaban J connectivity index is 1.38. The van der Waals surface area contributed by atoms with E-state index in [9.17, 15) is 14.7 Å². The molecule has 1 amide bonds. The van der Waals surface area contributed by atoms with E-state index in [2.05, 4.69) is 15.3 Å². The fourth-order valence-corrected chi connectivity index (χ4v) is 5.06. The van der Waals surface area contributed by atoms with Gasteiger partial charge in [0.05, 0.1) is 18.8 Å². The maximum Gasteiger partial charge on any atom is 0.303 e. The predicted molar refractivity (Wildman–Crippen MR) is 147 cm³/mol. The lowest BCUT2D eigenvalue weighted by molar-refractivity contribution is -0.245. The van der Waals surface area contributed by atoms with Crippen LogP contribution in [0.4, 0.5) is 5.69 Å². The van der Waals surface area contributed by atoms with Gasteiger partial charge >= 0.3 is 5.97 Å². The van der Waals surface area contributed by atoms with Crippen molar-refractivity contribution in [3.05, 3.63) is 83.7 Å². The molecule has 0 unspecified atom stereocenters. The number of carbonyl (C=O) groups is 2. The van der Waals surface area contributed by atoms with E-state index in [0.717, 1.165) is 16.7 Å². The number of amides is 1. The van der Waals surface area contributed by atoms with Crippen LogP contribution in [0.25, 0.3) is 0 Å². The third kappa shape index (κ3) is 9.14. The number of carbonyl (C=O) groups excluding carboxylic acids is 1. The molecule has 2 heterocycles. The summed E-state index contributed by atoms with van der Waals surface area (Å²) in [6.07, 6.45) is 5.59. The van der Waals surface area contributed by atoms with Gasteiger partial charge in [0, 0.05) is 48.7 Å². The van der Waals surface area contributed by atoms with Gasteiger partial charge in [-0.15, -0.1) is 0 Å². The van der Waals surface area contributed by atoms with Crippen molar-refractivity contribution >= 4 is 29.3 Å². The van der Waals surface area contributed by atoms with E-state index in [4.69, 9.17) is 14.6 Å². The van der Waals surface area contributed by atoms with Crippen molar-refractivity contribution in [2.75, 3.05) is 11.1 Å². The average Bonchev–Trinajstić information content (AvgIpc) is 2.96. The first-order valence-corrected chi connectivity index (χ1v) is 14.0. The Morgan fingerprint density at radius 2 is 1.62 bits per heavy atom. The van der Waals surface area contributed by atoms with E-state index in [1.54, 1.807) is 18.5 Å². The van der Waals surface area contributed by atoms with Gasteiger partial charge < -0.3 is 25.0 Å². The number of aliphatic hydroxyl groups excluding tert-OH is 1. The number of unbranched alkanes of at least 4 members (excludes halogenated alkanes) is 2. The standard InChI is InChI=1S/C29H33N3O6S/c33-18-20-7-9-21(10-8-20)25-17-24(19-39-29-30-15-4-16-31-29)37-28(38-25)22-11-13-23(14-12-22)32-26(34)5-2-1-3-6-27(35)36/h4,7-16,24-25,28,33H,1-3,5-6,17-19H2,(H,32,34)(H,35,36)/t24-,25+,28+/m0/s1. The van der Waals surface area contributed by atoms with Crippen LogP contribution in [0.3, 0.4) is 0 Å². The second kappa shape index (κ2) is 14.7. The van der Waals surface area contributed by atoms with Crippen molar-refractivity contribution in [1.82, 2.24) is 9.97 Å². The molecule has 0 saturated carbocycles. The fraction of sp³-hybridized carbons (Fsp3) is 0.379. The summed E-state index contributed by atoms with van der Waals surface area (Å²) in [7, 11) is 0. The number of aliphatic hydroxyl groups is 1. The highest BCUT2D eigenvalue weighted by Gasteiger charge is 2.32. The van der Waals surface area contributed by atoms with E-state index in [1.807, 2.05) is 48.5 Å². The van der Waals surface area contributed by atoms with Gasteiger partial charge in [0.15, 0.2) is 11.4 Å². The highest BCUT2D eigenvalue weighted by molar-refractivity contribution is 7.99. The molecule has 0 spiro atoms. The minimum absolute atomic E-state index is 0.0124. The number of carboxylic acids is 1. The zero-order valence-corrected chi connectivity index (χ0v) is 22.4. The highest BCUT2D eigenvalue weighted by atomic mass is 32.2. The zero-order valence-electron chi connectivity index (χ0n) is 21.6. The molecule has 206 valence electrons. The molecule has 1 aliphatic rings. The zero-order chi connectivity index (χ0) is 27.5. The molecule has 0 aliphatic carbocycles. The lowest BCUT2D eigenvalue weighted by Crippen LogP contribution is -2.31. The minimum atomic E-state index is -0.813. The highest BCUT2D eigenvalue weighted by Crippen LogP contribution is 2.39. The number of aromatic nitrogens is 2. The van der Waals surface area contributed by atoms with Crippen LogP contribution in [-0.2, 0) is 25.7 Å². The number of thioether (sulfide) groups is 1. The quantitative estimate of drug-likeness (QED) is 0.147.